The Balaban J connectivity index is 0.000000151. The minimum Gasteiger partial charge on any atom is -0.143 e. The molecule has 0 amide bonds. The molecule has 4 aromatic rings. The van der Waals surface area contributed by atoms with E-state index in [0.717, 1.165) is 13.2 Å². The van der Waals surface area contributed by atoms with Gasteiger partial charge in [0.05, 0.1) is 0 Å². The second-order valence-electron chi connectivity index (χ2n) is 9.34. The van der Waals surface area contributed by atoms with Crippen LogP contribution in [0.1, 0.15) is 12.8 Å². The first-order chi connectivity index (χ1) is 13.6. The van der Waals surface area contributed by atoms with Gasteiger partial charge in [-0.25, -0.2) is 0 Å². The van der Waals surface area contributed by atoms with Crippen LogP contribution in [0.2, 0.25) is 29.6 Å². The van der Waals surface area contributed by atoms with E-state index in [1.54, 1.807) is 37.9 Å². The molecule has 0 atom stereocenters. The molecule has 0 spiro atoms. The van der Waals surface area contributed by atoms with Crippen molar-refractivity contribution in [3.05, 3.63) is 35.0 Å². The number of fused-ring (bicyclic) bond motifs is 2. The van der Waals surface area contributed by atoms with Gasteiger partial charge in [-0.3, -0.25) is 0 Å². The molecule has 1 saturated heterocycles. The van der Waals surface area contributed by atoms with Gasteiger partial charge in [0.15, 0.2) is 0 Å². The van der Waals surface area contributed by atoms with Crippen LogP contribution in [0.5, 0.6) is 0 Å². The standard InChI is InChI=1S/C6H4S2.C6H2S2.C4H8O.6CH3.2Sn/c2*1-3-7-6-2-4-8-5(1)6;1-2-4-5-3-1;;;;;;;;/h1-4H;1-2H;1-4H2;6*1H3;;. The van der Waals surface area contributed by atoms with Crippen molar-refractivity contribution in [3.8, 4) is 0 Å². The maximum atomic E-state index is 4.94. The van der Waals surface area contributed by atoms with Crippen LogP contribution in [0, 0.1) is 0 Å². The second kappa shape index (κ2) is 10.7. The van der Waals surface area contributed by atoms with Crippen LogP contribution in [0.15, 0.2) is 35.0 Å². The Bertz CT molecular complexity index is 889. The molecule has 0 bridgehead atoms. The van der Waals surface area contributed by atoms with E-state index in [-0.39, 0.29) is 0 Å². The van der Waals surface area contributed by atoms with Crippen LogP contribution in [-0.2, 0) is 4.74 Å². The first kappa shape index (κ1) is 24.5. The van der Waals surface area contributed by atoms with Gasteiger partial charge in [-0.1, -0.05) is 0 Å². The minimum atomic E-state index is -1.82. The van der Waals surface area contributed by atoms with Gasteiger partial charge in [0.1, 0.15) is 0 Å². The molecule has 0 aliphatic carbocycles. The normalized spacial score (nSPS) is 14.6. The summed E-state index contributed by atoms with van der Waals surface area (Å²) in [5.74, 6) is 0. The monoisotopic (exact) mass is 680 g/mol. The molecule has 0 saturated carbocycles. The first-order valence-electron chi connectivity index (χ1n) is 10.2. The van der Waals surface area contributed by atoms with Gasteiger partial charge in [-0.2, -0.15) is 0 Å². The summed E-state index contributed by atoms with van der Waals surface area (Å²) in [7, 11) is 0. The van der Waals surface area contributed by atoms with Crippen molar-refractivity contribution in [1.82, 2.24) is 0 Å². The number of ether oxygens (including phenoxy) is 1. The summed E-state index contributed by atoms with van der Waals surface area (Å²) < 4.78 is 14.4. The van der Waals surface area contributed by atoms with E-state index in [4.69, 9.17) is 4.74 Å². The van der Waals surface area contributed by atoms with Gasteiger partial charge in [-0.15, -0.1) is 22.7 Å². The van der Waals surface area contributed by atoms with Gasteiger partial charge >= 0.3 is 116 Å². The predicted octanol–water partition coefficient (Wildman–Crippen LogP) is 7.81. The summed E-state index contributed by atoms with van der Waals surface area (Å²) in [6.07, 6.45) is 2.56. The molecule has 4 aromatic heterocycles. The molecule has 7 heteroatoms. The van der Waals surface area contributed by atoms with Gasteiger partial charge in [0.2, 0.25) is 0 Å². The third kappa shape index (κ3) is 7.19. The smallest absolute Gasteiger partial charge is 0.0450 e. The largest absolute Gasteiger partial charge is 0.143 e. The van der Waals surface area contributed by atoms with Crippen molar-refractivity contribution < 1.29 is 4.74 Å². The number of hydrogen-bond acceptors (Lipinski definition) is 5. The van der Waals surface area contributed by atoms with Crippen LogP contribution in [-0.4, -0.2) is 50.0 Å². The Kier molecular flexibility index (Phi) is 9.01. The zero-order valence-corrected chi connectivity index (χ0v) is 27.3. The fourth-order valence-corrected chi connectivity index (χ4v) is 18.1. The molecule has 5 rings (SSSR count). The number of thiophene rings is 4. The SMILES string of the molecule is C1CCOC1.[CH3][Sn]([CH3])([CH3])[c]1cc2s[c]([Sn]([CH3])([CH3])[CH3])cc2s1.c1cc2sccc2s1. The molecule has 158 valence electrons. The van der Waals surface area contributed by atoms with Crippen molar-refractivity contribution in [2.75, 3.05) is 13.2 Å². The average Bonchev–Trinajstić information content (AvgIpc) is 3.40. The molecular weight excluding hydrogens is 646 g/mol. The third-order valence-corrected chi connectivity index (χ3v) is 27.6. The molecule has 29 heavy (non-hydrogen) atoms. The Hall–Kier alpha value is 0.877. The summed E-state index contributed by atoms with van der Waals surface area (Å²) >= 11 is 4.13. The van der Waals surface area contributed by atoms with Crippen molar-refractivity contribution in [2.24, 2.45) is 0 Å². The topological polar surface area (TPSA) is 9.23 Å². The van der Waals surface area contributed by atoms with E-state index in [0.29, 0.717) is 0 Å². The molecule has 0 radical (unpaired) electrons. The van der Waals surface area contributed by atoms with E-state index < -0.39 is 36.8 Å². The van der Waals surface area contributed by atoms with E-state index in [2.05, 4.69) is 87.3 Å². The number of rotatable bonds is 2. The molecule has 5 heterocycles. The molecule has 0 unspecified atom stereocenters. The van der Waals surface area contributed by atoms with Gasteiger partial charge < -0.3 is 4.74 Å². The summed E-state index contributed by atoms with van der Waals surface area (Å²) in [5.41, 5.74) is 0. The van der Waals surface area contributed by atoms with Gasteiger partial charge in [0, 0.05) is 22.6 Å². The second-order valence-corrected chi connectivity index (χ2v) is 44.2. The summed E-state index contributed by atoms with van der Waals surface area (Å²) in [6, 6.07) is 9.32. The quantitative estimate of drug-likeness (QED) is 0.197. The Morgan fingerprint density at radius 2 is 1.07 bits per heavy atom. The van der Waals surface area contributed by atoms with E-state index in [1.807, 2.05) is 0 Å². The van der Waals surface area contributed by atoms with Crippen molar-refractivity contribution in [3.63, 3.8) is 0 Å². The number of hydrogen-bond donors (Lipinski definition) is 0. The molecular formula is C22H32OS4Sn2. The van der Waals surface area contributed by atoms with Crippen LogP contribution in [0.25, 0.3) is 18.8 Å². The third-order valence-electron chi connectivity index (χ3n) is 4.58. The van der Waals surface area contributed by atoms with E-state index in [1.165, 1.54) is 22.2 Å². The Morgan fingerprint density at radius 3 is 1.38 bits per heavy atom. The Morgan fingerprint density at radius 1 is 0.655 bits per heavy atom. The van der Waals surface area contributed by atoms with Crippen molar-refractivity contribution in [2.45, 2.75) is 42.5 Å². The fourth-order valence-electron chi connectivity index (χ4n) is 2.78. The van der Waals surface area contributed by atoms with Gasteiger partial charge in [0.25, 0.3) is 0 Å². The molecule has 1 fully saturated rings. The van der Waals surface area contributed by atoms with Crippen LogP contribution in [0.3, 0.4) is 0 Å². The van der Waals surface area contributed by atoms with E-state index >= 15 is 0 Å². The average molecular weight is 678 g/mol. The summed E-state index contributed by atoms with van der Waals surface area (Å²) in [5, 5.41) is 4.25. The van der Waals surface area contributed by atoms with Crippen LogP contribution >= 0.6 is 45.3 Å². The maximum absolute atomic E-state index is 4.94. The molecule has 0 aromatic carbocycles. The maximum Gasteiger partial charge on any atom is 0.0450 e. The summed E-state index contributed by atoms with van der Waals surface area (Å²) in [6.45, 7) is 2.00. The zero-order chi connectivity index (χ0) is 21.1. The van der Waals surface area contributed by atoms with Crippen LogP contribution < -0.4 is 5.79 Å². The molecule has 0 N–H and O–H groups in total. The van der Waals surface area contributed by atoms with Crippen molar-refractivity contribution in [1.29, 1.82) is 0 Å². The molecule has 1 nitrogen and oxygen atoms in total. The molecule has 1 aliphatic heterocycles. The Labute approximate surface area is 199 Å². The minimum absolute atomic E-state index is 1.00. The van der Waals surface area contributed by atoms with Crippen molar-refractivity contribution >= 4 is 107 Å². The fraction of sp³-hybridized carbons (Fsp3) is 0.455. The first-order valence-corrected chi connectivity index (χ1v) is 33.5. The molecule has 1 aliphatic rings. The predicted molar refractivity (Wildman–Crippen MR) is 145 cm³/mol. The van der Waals surface area contributed by atoms with Crippen LogP contribution in [0.4, 0.5) is 0 Å². The van der Waals surface area contributed by atoms with Gasteiger partial charge in [-0.05, 0) is 35.7 Å². The van der Waals surface area contributed by atoms with E-state index in [9.17, 15) is 0 Å². The summed E-state index contributed by atoms with van der Waals surface area (Å²) in [4.78, 5) is 15.0. The zero-order valence-electron chi connectivity index (χ0n) is 18.3.